The van der Waals surface area contributed by atoms with Crippen LogP contribution in [-0.2, 0) is 0 Å². The van der Waals surface area contributed by atoms with Crippen molar-refractivity contribution < 1.29 is 9.53 Å². The highest BCUT2D eigenvalue weighted by Gasteiger charge is 2.14. The Hall–Kier alpha value is -1.37. The Morgan fingerprint density at radius 2 is 1.88 bits per heavy atom. The monoisotopic (exact) mass is 390 g/mol. The Kier molecular flexibility index (Phi) is 8.62. The van der Waals surface area contributed by atoms with Gasteiger partial charge >= 0.3 is 0 Å². The molecular formula is C22H28ClO2P. The van der Waals surface area contributed by atoms with Gasteiger partial charge in [0.25, 0.3) is 0 Å². The number of unbranched alkanes of at least 4 members (excludes halogenated alkanes) is 1. The summed E-state index contributed by atoms with van der Waals surface area (Å²) in [4.78, 5) is 12.6. The number of ether oxygens (including phenoxy) is 1. The zero-order valence-electron chi connectivity index (χ0n) is 15.8. The van der Waals surface area contributed by atoms with Crippen molar-refractivity contribution in [3.05, 3.63) is 58.6 Å². The smallest absolute Gasteiger partial charge is 0.187 e. The van der Waals surface area contributed by atoms with Crippen LogP contribution in [0.4, 0.5) is 0 Å². The first-order chi connectivity index (χ1) is 12.5. The molecule has 2 unspecified atom stereocenters. The predicted octanol–water partition coefficient (Wildman–Crippen LogP) is 6.39. The van der Waals surface area contributed by atoms with Gasteiger partial charge in [0, 0.05) is 5.56 Å². The molecule has 0 aromatic heterocycles. The van der Waals surface area contributed by atoms with Crippen molar-refractivity contribution >= 4 is 31.0 Å². The number of hydrogen-bond donors (Lipinski definition) is 0. The van der Waals surface area contributed by atoms with E-state index in [0.717, 1.165) is 29.6 Å². The van der Waals surface area contributed by atoms with Crippen molar-refractivity contribution in [3.8, 4) is 5.75 Å². The van der Waals surface area contributed by atoms with Gasteiger partial charge in [-0.05, 0) is 56.9 Å². The summed E-state index contributed by atoms with van der Waals surface area (Å²) in [6.07, 6.45) is 4.85. The molecule has 26 heavy (non-hydrogen) atoms. The van der Waals surface area contributed by atoms with E-state index in [4.69, 9.17) is 16.3 Å². The van der Waals surface area contributed by atoms with E-state index in [1.54, 1.807) is 6.07 Å². The van der Waals surface area contributed by atoms with E-state index in [1.165, 1.54) is 19.3 Å². The first-order valence-electron chi connectivity index (χ1n) is 9.34. The molecule has 140 valence electrons. The van der Waals surface area contributed by atoms with Crippen molar-refractivity contribution in [2.24, 2.45) is 5.92 Å². The second-order valence-electron chi connectivity index (χ2n) is 6.64. The van der Waals surface area contributed by atoms with Gasteiger partial charge in [-0.15, -0.1) is 0 Å². The summed E-state index contributed by atoms with van der Waals surface area (Å²) >= 11 is 6.20. The maximum Gasteiger partial charge on any atom is 0.187 e. The van der Waals surface area contributed by atoms with E-state index in [9.17, 15) is 4.79 Å². The van der Waals surface area contributed by atoms with Gasteiger partial charge in [-0.3, -0.25) is 4.79 Å². The van der Waals surface area contributed by atoms with Gasteiger partial charge in [-0.25, -0.2) is 0 Å². The molecular weight excluding hydrogens is 363 g/mol. The molecule has 2 aromatic rings. The molecule has 0 heterocycles. The third kappa shape index (κ3) is 6.11. The second-order valence-corrected chi connectivity index (χ2v) is 8.33. The number of carbonyl (C=O) groups excluding carboxylic acids is 1. The van der Waals surface area contributed by atoms with Gasteiger partial charge < -0.3 is 4.74 Å². The Labute approximate surface area is 164 Å². The molecule has 0 saturated heterocycles. The average molecular weight is 391 g/mol. The molecule has 2 atom stereocenters. The van der Waals surface area contributed by atoms with Crippen LogP contribution in [0.15, 0.2) is 42.5 Å². The van der Waals surface area contributed by atoms with Crippen molar-refractivity contribution in [2.75, 3.05) is 6.61 Å². The number of aryl methyl sites for hydroxylation is 1. The van der Waals surface area contributed by atoms with Crippen LogP contribution in [0, 0.1) is 12.8 Å². The van der Waals surface area contributed by atoms with Gasteiger partial charge in [0.2, 0.25) is 0 Å². The number of carbonyl (C=O) groups is 1. The van der Waals surface area contributed by atoms with Gasteiger partial charge in [-0.1, -0.05) is 69.0 Å². The largest absolute Gasteiger partial charge is 0.493 e. The molecule has 0 radical (unpaired) electrons. The van der Waals surface area contributed by atoms with Crippen molar-refractivity contribution in [1.29, 1.82) is 0 Å². The quantitative estimate of drug-likeness (QED) is 0.439. The minimum absolute atomic E-state index is 0.0633. The topological polar surface area (TPSA) is 26.3 Å². The normalized spacial score (nSPS) is 12.5. The van der Waals surface area contributed by atoms with Crippen LogP contribution in [0.2, 0.25) is 5.02 Å². The zero-order valence-corrected chi connectivity index (χ0v) is 17.6. The Morgan fingerprint density at radius 1 is 1.15 bits per heavy atom. The Balaban J connectivity index is 1.94. The SMILES string of the molecule is CCCCC(CC)COc1ccc(PC(=O)c2c(C)cccc2Cl)cc1. The molecule has 0 aliphatic carbocycles. The van der Waals surface area contributed by atoms with Crippen LogP contribution in [-0.4, -0.2) is 12.1 Å². The number of hydrogen-bond acceptors (Lipinski definition) is 2. The van der Waals surface area contributed by atoms with Crippen LogP contribution in [0.5, 0.6) is 5.75 Å². The van der Waals surface area contributed by atoms with Crippen LogP contribution in [0.1, 0.15) is 55.5 Å². The van der Waals surface area contributed by atoms with Crippen LogP contribution in [0.25, 0.3) is 0 Å². The van der Waals surface area contributed by atoms with Crippen molar-refractivity contribution in [3.63, 3.8) is 0 Å². The summed E-state index contributed by atoms with van der Waals surface area (Å²) in [5.41, 5.74) is 1.63. The molecule has 2 aromatic carbocycles. The predicted molar refractivity (Wildman–Crippen MR) is 114 cm³/mol. The molecule has 0 saturated carbocycles. The summed E-state index contributed by atoms with van der Waals surface area (Å²) in [5.74, 6) is 1.48. The molecule has 4 heteroatoms. The van der Waals surface area contributed by atoms with Crippen molar-refractivity contribution in [1.82, 2.24) is 0 Å². The Bertz CT molecular complexity index is 692. The van der Waals surface area contributed by atoms with E-state index < -0.39 is 0 Å². The molecule has 0 aliphatic heterocycles. The molecule has 0 bridgehead atoms. The van der Waals surface area contributed by atoms with Gasteiger partial charge in [0.15, 0.2) is 5.52 Å². The molecule has 0 amide bonds. The van der Waals surface area contributed by atoms with E-state index in [1.807, 2.05) is 43.3 Å². The lowest BCUT2D eigenvalue weighted by Crippen LogP contribution is -2.11. The number of halogens is 1. The lowest BCUT2D eigenvalue weighted by molar-refractivity contribution is 0.108. The van der Waals surface area contributed by atoms with Crippen LogP contribution in [0.3, 0.4) is 0 Å². The van der Waals surface area contributed by atoms with E-state index in [-0.39, 0.29) is 14.1 Å². The minimum Gasteiger partial charge on any atom is -0.493 e. The fourth-order valence-electron chi connectivity index (χ4n) is 2.86. The summed E-state index contributed by atoms with van der Waals surface area (Å²) in [6, 6.07) is 13.4. The molecule has 0 fully saturated rings. The second kappa shape index (κ2) is 10.7. The standard InChI is InChI=1S/C22H28ClO2P/c1-4-6-9-17(5-2)15-25-18-11-13-19(14-12-18)26-22(24)21-16(3)8-7-10-20(21)23/h7-8,10-14,17,26H,4-6,9,15H2,1-3H3. The van der Waals surface area contributed by atoms with Gasteiger partial charge in [0.1, 0.15) is 5.75 Å². The van der Waals surface area contributed by atoms with Crippen molar-refractivity contribution in [2.45, 2.75) is 46.5 Å². The fourth-order valence-corrected chi connectivity index (χ4v) is 4.30. The summed E-state index contributed by atoms with van der Waals surface area (Å²) < 4.78 is 5.94. The molecule has 2 nitrogen and oxygen atoms in total. The van der Waals surface area contributed by atoms with Gasteiger partial charge in [0.05, 0.1) is 11.6 Å². The first-order valence-corrected chi connectivity index (χ1v) is 10.7. The fraction of sp³-hybridized carbons (Fsp3) is 0.409. The molecule has 0 N–H and O–H groups in total. The van der Waals surface area contributed by atoms with Gasteiger partial charge in [-0.2, -0.15) is 0 Å². The third-order valence-electron chi connectivity index (χ3n) is 4.59. The molecule has 0 spiro atoms. The highest BCUT2D eigenvalue weighted by molar-refractivity contribution is 7.66. The number of benzene rings is 2. The lowest BCUT2D eigenvalue weighted by atomic mass is 10.0. The lowest BCUT2D eigenvalue weighted by Gasteiger charge is -2.15. The van der Waals surface area contributed by atoms with Crippen LogP contribution < -0.4 is 10.0 Å². The molecule has 0 aliphatic rings. The zero-order chi connectivity index (χ0) is 18.9. The van der Waals surface area contributed by atoms with E-state index >= 15 is 0 Å². The summed E-state index contributed by atoms with van der Waals surface area (Å²) in [6.45, 7) is 7.12. The maximum atomic E-state index is 12.6. The maximum absolute atomic E-state index is 12.6. The number of rotatable bonds is 10. The summed E-state index contributed by atoms with van der Waals surface area (Å²) in [7, 11) is 0.0633. The first kappa shape index (κ1) is 20.9. The molecule has 2 rings (SSSR count). The highest BCUT2D eigenvalue weighted by Crippen LogP contribution is 2.28. The highest BCUT2D eigenvalue weighted by atomic mass is 35.5. The average Bonchev–Trinajstić information content (AvgIpc) is 2.63. The van der Waals surface area contributed by atoms with E-state index in [2.05, 4.69) is 13.8 Å². The third-order valence-corrected chi connectivity index (χ3v) is 6.00. The Morgan fingerprint density at radius 3 is 2.50 bits per heavy atom. The minimum atomic E-state index is 0.0633. The summed E-state index contributed by atoms with van der Waals surface area (Å²) in [5, 5.41) is 1.53. The van der Waals surface area contributed by atoms with Crippen LogP contribution >= 0.6 is 20.2 Å². The van der Waals surface area contributed by atoms with E-state index in [0.29, 0.717) is 16.5 Å².